The zero-order chi connectivity index (χ0) is 16.9. The van der Waals surface area contributed by atoms with Crippen LogP contribution >= 0.6 is 11.6 Å². The van der Waals surface area contributed by atoms with Crippen LogP contribution in [0.4, 0.5) is 11.5 Å². The van der Waals surface area contributed by atoms with E-state index in [1.54, 1.807) is 12.1 Å². The average molecular weight is 345 g/mol. The SMILES string of the molecule is Cc1c(Cl)cccc1Nc1ccc(C(=O)NC2CCCCC2)nn1. The lowest BCUT2D eigenvalue weighted by atomic mass is 9.95. The predicted octanol–water partition coefficient (Wildman–Crippen LogP) is 4.24. The molecule has 1 aliphatic rings. The van der Waals surface area contributed by atoms with Gasteiger partial charge in [-0.25, -0.2) is 0 Å². The van der Waals surface area contributed by atoms with Gasteiger partial charge in [0, 0.05) is 16.8 Å². The molecule has 0 unspecified atom stereocenters. The number of rotatable bonds is 4. The first kappa shape index (κ1) is 16.7. The topological polar surface area (TPSA) is 66.9 Å². The van der Waals surface area contributed by atoms with Crippen molar-refractivity contribution >= 4 is 29.0 Å². The highest BCUT2D eigenvalue weighted by Gasteiger charge is 2.17. The van der Waals surface area contributed by atoms with E-state index in [4.69, 9.17) is 11.6 Å². The fraction of sp³-hybridized carbons (Fsp3) is 0.389. The highest BCUT2D eigenvalue weighted by molar-refractivity contribution is 6.31. The fourth-order valence-corrected chi connectivity index (χ4v) is 3.08. The summed E-state index contributed by atoms with van der Waals surface area (Å²) in [5.74, 6) is 0.425. The van der Waals surface area contributed by atoms with Gasteiger partial charge >= 0.3 is 0 Å². The average Bonchev–Trinajstić information content (AvgIpc) is 2.60. The Morgan fingerprint density at radius 2 is 1.92 bits per heavy atom. The minimum Gasteiger partial charge on any atom is -0.348 e. The Morgan fingerprint density at radius 3 is 2.62 bits per heavy atom. The number of nitrogens with one attached hydrogen (secondary N) is 2. The van der Waals surface area contributed by atoms with Gasteiger partial charge in [-0.1, -0.05) is 36.9 Å². The number of anilines is 2. The number of carbonyl (C=O) groups is 1. The Kier molecular flexibility index (Phi) is 5.30. The van der Waals surface area contributed by atoms with Gasteiger partial charge in [-0.3, -0.25) is 4.79 Å². The monoisotopic (exact) mass is 344 g/mol. The first-order valence-electron chi connectivity index (χ1n) is 8.30. The summed E-state index contributed by atoms with van der Waals surface area (Å²) in [5.41, 5.74) is 2.16. The summed E-state index contributed by atoms with van der Waals surface area (Å²) >= 11 is 6.11. The summed E-state index contributed by atoms with van der Waals surface area (Å²) in [7, 11) is 0. The van der Waals surface area contributed by atoms with Gasteiger partial charge in [0.05, 0.1) is 0 Å². The van der Waals surface area contributed by atoms with Crippen LogP contribution in [0.2, 0.25) is 5.02 Å². The van der Waals surface area contributed by atoms with E-state index in [1.165, 1.54) is 19.3 Å². The molecule has 2 aromatic rings. The highest BCUT2D eigenvalue weighted by Crippen LogP contribution is 2.25. The van der Waals surface area contributed by atoms with Gasteiger partial charge in [0.2, 0.25) is 0 Å². The lowest BCUT2D eigenvalue weighted by Gasteiger charge is -2.22. The summed E-state index contributed by atoms with van der Waals surface area (Å²) in [6.45, 7) is 1.93. The first-order valence-corrected chi connectivity index (χ1v) is 8.68. The molecule has 0 spiro atoms. The van der Waals surface area contributed by atoms with Crippen LogP contribution in [-0.2, 0) is 0 Å². The number of hydrogen-bond acceptors (Lipinski definition) is 4. The van der Waals surface area contributed by atoms with Crippen molar-refractivity contribution in [2.75, 3.05) is 5.32 Å². The van der Waals surface area contributed by atoms with Crippen molar-refractivity contribution in [2.24, 2.45) is 0 Å². The minimum atomic E-state index is -0.153. The summed E-state index contributed by atoms with van der Waals surface area (Å²) in [5, 5.41) is 15.0. The van der Waals surface area contributed by atoms with Gasteiger partial charge in [-0.15, -0.1) is 10.2 Å². The maximum atomic E-state index is 12.2. The molecule has 5 nitrogen and oxygen atoms in total. The van der Waals surface area contributed by atoms with E-state index in [2.05, 4.69) is 20.8 Å². The Labute approximate surface area is 146 Å². The molecule has 1 aromatic carbocycles. The molecule has 1 aromatic heterocycles. The third kappa shape index (κ3) is 4.03. The van der Waals surface area contributed by atoms with Crippen molar-refractivity contribution in [1.82, 2.24) is 15.5 Å². The van der Waals surface area contributed by atoms with E-state index in [0.717, 1.165) is 24.1 Å². The van der Waals surface area contributed by atoms with Crippen LogP contribution in [0.15, 0.2) is 30.3 Å². The lowest BCUT2D eigenvalue weighted by molar-refractivity contribution is 0.0921. The van der Waals surface area contributed by atoms with Gasteiger partial charge < -0.3 is 10.6 Å². The number of nitrogens with zero attached hydrogens (tertiary/aromatic N) is 2. The second-order valence-electron chi connectivity index (χ2n) is 6.15. The molecular formula is C18H21ClN4O. The fourth-order valence-electron chi connectivity index (χ4n) is 2.91. The van der Waals surface area contributed by atoms with Crippen LogP contribution in [0.5, 0.6) is 0 Å². The number of hydrogen-bond donors (Lipinski definition) is 2. The van der Waals surface area contributed by atoms with Crippen molar-refractivity contribution in [3.05, 3.63) is 46.6 Å². The van der Waals surface area contributed by atoms with Crippen LogP contribution in [0.1, 0.15) is 48.2 Å². The molecule has 0 atom stereocenters. The van der Waals surface area contributed by atoms with Gasteiger partial charge in [-0.05, 0) is 49.6 Å². The molecule has 1 heterocycles. The van der Waals surface area contributed by atoms with Crippen molar-refractivity contribution in [3.63, 3.8) is 0 Å². The van der Waals surface area contributed by atoms with E-state index < -0.39 is 0 Å². The number of benzene rings is 1. The standard InChI is InChI=1S/C18H21ClN4O/c1-12-14(19)8-5-9-15(12)21-17-11-10-16(22-23-17)18(24)20-13-6-3-2-4-7-13/h5,8-11,13H,2-4,6-7H2,1H3,(H,20,24)(H,21,23). The number of amides is 1. The summed E-state index contributed by atoms with van der Waals surface area (Å²) in [4.78, 5) is 12.2. The van der Waals surface area contributed by atoms with E-state index in [1.807, 2.05) is 25.1 Å². The number of halogens is 1. The first-order chi connectivity index (χ1) is 11.6. The smallest absolute Gasteiger partial charge is 0.272 e. The molecule has 24 heavy (non-hydrogen) atoms. The molecule has 1 fully saturated rings. The molecule has 0 aliphatic heterocycles. The lowest BCUT2D eigenvalue weighted by Crippen LogP contribution is -2.36. The van der Waals surface area contributed by atoms with E-state index in [9.17, 15) is 4.79 Å². The maximum Gasteiger partial charge on any atom is 0.272 e. The predicted molar refractivity (Wildman–Crippen MR) is 95.8 cm³/mol. The van der Waals surface area contributed by atoms with Crippen molar-refractivity contribution in [1.29, 1.82) is 0 Å². The normalized spacial score (nSPS) is 15.1. The van der Waals surface area contributed by atoms with Crippen molar-refractivity contribution in [3.8, 4) is 0 Å². The molecule has 2 N–H and O–H groups in total. The number of carbonyl (C=O) groups excluding carboxylic acids is 1. The Balaban J connectivity index is 1.64. The Bertz CT molecular complexity index is 711. The van der Waals surface area contributed by atoms with E-state index in [-0.39, 0.29) is 11.9 Å². The third-order valence-electron chi connectivity index (χ3n) is 4.37. The third-order valence-corrected chi connectivity index (χ3v) is 4.78. The maximum absolute atomic E-state index is 12.2. The van der Waals surface area contributed by atoms with Crippen LogP contribution in [0.3, 0.4) is 0 Å². The van der Waals surface area contributed by atoms with Crippen molar-refractivity contribution in [2.45, 2.75) is 45.1 Å². The Morgan fingerprint density at radius 1 is 1.12 bits per heavy atom. The largest absolute Gasteiger partial charge is 0.348 e. The summed E-state index contributed by atoms with van der Waals surface area (Å²) in [6.07, 6.45) is 5.71. The van der Waals surface area contributed by atoms with Crippen LogP contribution < -0.4 is 10.6 Å². The molecule has 1 aliphatic carbocycles. The van der Waals surface area contributed by atoms with E-state index in [0.29, 0.717) is 16.5 Å². The highest BCUT2D eigenvalue weighted by atomic mass is 35.5. The number of aromatic nitrogens is 2. The van der Waals surface area contributed by atoms with E-state index >= 15 is 0 Å². The van der Waals surface area contributed by atoms with Gasteiger partial charge in [-0.2, -0.15) is 0 Å². The zero-order valence-electron chi connectivity index (χ0n) is 13.7. The summed E-state index contributed by atoms with van der Waals surface area (Å²) < 4.78 is 0. The van der Waals surface area contributed by atoms with Crippen molar-refractivity contribution < 1.29 is 4.79 Å². The van der Waals surface area contributed by atoms with Gasteiger partial charge in [0.1, 0.15) is 0 Å². The van der Waals surface area contributed by atoms with Gasteiger partial charge in [0.25, 0.3) is 5.91 Å². The molecule has 1 amide bonds. The quantitative estimate of drug-likeness (QED) is 0.870. The van der Waals surface area contributed by atoms with Crippen LogP contribution in [-0.4, -0.2) is 22.1 Å². The summed E-state index contributed by atoms with van der Waals surface area (Å²) in [6, 6.07) is 9.34. The molecule has 0 bridgehead atoms. The van der Waals surface area contributed by atoms with Crippen LogP contribution in [0.25, 0.3) is 0 Å². The zero-order valence-corrected chi connectivity index (χ0v) is 14.4. The minimum absolute atomic E-state index is 0.153. The van der Waals surface area contributed by atoms with Gasteiger partial charge in [0.15, 0.2) is 11.5 Å². The molecule has 0 saturated heterocycles. The molecular weight excluding hydrogens is 324 g/mol. The second kappa shape index (κ2) is 7.62. The molecule has 1 saturated carbocycles. The second-order valence-corrected chi connectivity index (χ2v) is 6.56. The Hall–Kier alpha value is -2.14. The molecule has 126 valence electrons. The molecule has 0 radical (unpaired) electrons. The molecule has 6 heteroatoms. The van der Waals surface area contributed by atoms with Crippen LogP contribution in [0, 0.1) is 6.92 Å². The molecule has 3 rings (SSSR count).